The van der Waals surface area contributed by atoms with Gasteiger partial charge in [0.25, 0.3) is 5.69 Å². The van der Waals surface area contributed by atoms with Crippen molar-refractivity contribution in [2.24, 2.45) is 0 Å². The van der Waals surface area contributed by atoms with Gasteiger partial charge >= 0.3 is 0 Å². The van der Waals surface area contributed by atoms with Crippen LogP contribution in [0.2, 0.25) is 0 Å². The molecule has 1 rings (SSSR count). The zero-order valence-electron chi connectivity index (χ0n) is 12.5. The molecule has 20 heavy (non-hydrogen) atoms. The predicted molar refractivity (Wildman–Crippen MR) is 76.4 cm³/mol. The Hall–Kier alpha value is -1.95. The van der Waals surface area contributed by atoms with Crippen LogP contribution in [-0.2, 0) is 0 Å². The lowest BCUT2D eigenvalue weighted by Crippen LogP contribution is -2.43. The molecule has 0 aromatic heterocycles. The smallest absolute Gasteiger partial charge is 0.283 e. The van der Waals surface area contributed by atoms with Crippen LogP contribution in [0.4, 0.5) is 5.69 Å². The minimum atomic E-state index is -0.569. The van der Waals surface area contributed by atoms with E-state index in [0.717, 1.165) is 0 Å². The molecule has 0 atom stereocenters. The molecule has 6 nitrogen and oxygen atoms in total. The van der Waals surface area contributed by atoms with Gasteiger partial charge in [-0.15, -0.1) is 0 Å². The summed E-state index contributed by atoms with van der Waals surface area (Å²) in [6.45, 7) is 5.70. The summed E-state index contributed by atoms with van der Waals surface area (Å²) in [7, 11) is 3.87. The quantitative estimate of drug-likeness (QED) is 0.455. The Morgan fingerprint density at radius 2 is 2.00 bits per heavy atom. The predicted octanol–water partition coefficient (Wildman–Crippen LogP) is 2.52. The number of nitro groups is 1. The highest BCUT2D eigenvalue weighted by Crippen LogP contribution is 2.26. The fourth-order valence-corrected chi connectivity index (χ4v) is 1.44. The molecule has 0 fully saturated rings. The molecule has 6 heteroatoms. The number of benzene rings is 1. The fourth-order valence-electron chi connectivity index (χ4n) is 1.44. The molecule has 0 N–H and O–H groups in total. The van der Waals surface area contributed by atoms with E-state index in [4.69, 9.17) is 4.74 Å². The molecule has 0 saturated heterocycles. The summed E-state index contributed by atoms with van der Waals surface area (Å²) in [6.07, 6.45) is 0. The van der Waals surface area contributed by atoms with Crippen LogP contribution in [0.5, 0.6) is 5.75 Å². The van der Waals surface area contributed by atoms with E-state index in [0.29, 0.717) is 12.4 Å². The van der Waals surface area contributed by atoms with E-state index >= 15 is 0 Å². The highest BCUT2D eigenvalue weighted by molar-refractivity contribution is 5.98. The zero-order valence-corrected chi connectivity index (χ0v) is 12.5. The second-order valence-corrected chi connectivity index (χ2v) is 5.49. The molecule has 0 saturated carbocycles. The Balaban J connectivity index is 2.96. The minimum absolute atomic E-state index is 0.0919. The van der Waals surface area contributed by atoms with Crippen LogP contribution in [0.15, 0.2) is 18.2 Å². The van der Waals surface area contributed by atoms with E-state index in [1.165, 1.54) is 19.1 Å². The molecular weight excluding hydrogens is 260 g/mol. The van der Waals surface area contributed by atoms with Gasteiger partial charge in [-0.25, -0.2) is 0 Å². The van der Waals surface area contributed by atoms with Crippen molar-refractivity contribution in [3.63, 3.8) is 0 Å². The third-order valence-electron chi connectivity index (χ3n) is 3.35. The molecule has 0 aliphatic rings. The van der Waals surface area contributed by atoms with Gasteiger partial charge in [-0.3, -0.25) is 14.9 Å². The Morgan fingerprint density at radius 1 is 1.40 bits per heavy atom. The zero-order chi connectivity index (χ0) is 15.5. The lowest BCUT2D eigenvalue weighted by atomic mass is 10.1. The molecule has 0 unspecified atom stereocenters. The minimum Gasteiger partial charge on any atom is -0.491 e. The summed E-state index contributed by atoms with van der Waals surface area (Å²) in [4.78, 5) is 23.8. The number of carbonyl (C=O) groups is 1. The second-order valence-electron chi connectivity index (χ2n) is 5.49. The molecule has 110 valence electrons. The number of nitrogens with zero attached hydrogens (tertiary/aromatic N) is 2. The lowest BCUT2D eigenvalue weighted by Gasteiger charge is -2.32. The first kappa shape index (κ1) is 16.1. The summed E-state index contributed by atoms with van der Waals surface area (Å²) in [5, 5.41) is 11.0. The number of ether oxygens (including phenoxy) is 1. The van der Waals surface area contributed by atoms with Gasteiger partial charge < -0.3 is 9.64 Å². The molecule has 0 bridgehead atoms. The largest absolute Gasteiger partial charge is 0.491 e. The van der Waals surface area contributed by atoms with E-state index < -0.39 is 4.92 Å². The third-order valence-corrected chi connectivity index (χ3v) is 3.35. The van der Waals surface area contributed by atoms with Gasteiger partial charge in [-0.1, -0.05) is 0 Å². The highest BCUT2D eigenvalue weighted by atomic mass is 16.6. The molecule has 0 radical (unpaired) electrons. The van der Waals surface area contributed by atoms with E-state index in [-0.39, 0.29) is 22.6 Å². The SMILES string of the molecule is CC(=O)c1ccc(OCC(C)(C)N(C)C)cc1[N+](=O)[O-]. The van der Waals surface area contributed by atoms with E-state index in [2.05, 4.69) is 0 Å². The maximum Gasteiger partial charge on any atom is 0.283 e. The summed E-state index contributed by atoms with van der Waals surface area (Å²) in [5.41, 5.74) is -0.333. The van der Waals surface area contributed by atoms with Gasteiger partial charge in [-0.2, -0.15) is 0 Å². The van der Waals surface area contributed by atoms with Gasteiger partial charge in [0.2, 0.25) is 0 Å². The van der Waals surface area contributed by atoms with Crippen LogP contribution in [0.25, 0.3) is 0 Å². The normalized spacial score (nSPS) is 11.5. The Kier molecular flexibility index (Phi) is 4.83. The molecule has 0 amide bonds. The standard InChI is InChI=1S/C14H20N2O4/c1-10(17)12-7-6-11(8-13(12)16(18)19)20-9-14(2,3)15(4)5/h6-8H,9H2,1-5H3. The number of likely N-dealkylation sites (N-methyl/N-ethyl adjacent to an activating group) is 1. The molecule has 0 spiro atoms. The first-order valence-electron chi connectivity index (χ1n) is 6.25. The average Bonchev–Trinajstić information content (AvgIpc) is 2.35. The molecule has 0 heterocycles. The van der Waals surface area contributed by atoms with Crippen molar-refractivity contribution in [3.05, 3.63) is 33.9 Å². The topological polar surface area (TPSA) is 72.7 Å². The van der Waals surface area contributed by atoms with Crippen molar-refractivity contribution >= 4 is 11.5 Å². The Labute approximate surface area is 118 Å². The van der Waals surface area contributed by atoms with Crippen molar-refractivity contribution < 1.29 is 14.5 Å². The maximum atomic E-state index is 11.3. The number of Topliss-reactive ketones (excluding diaryl/α,β-unsaturated/α-hetero) is 1. The summed E-state index contributed by atoms with van der Waals surface area (Å²) in [6, 6.07) is 4.30. The van der Waals surface area contributed by atoms with Gasteiger partial charge in [0.15, 0.2) is 5.78 Å². The van der Waals surface area contributed by atoms with Crippen LogP contribution in [0.3, 0.4) is 0 Å². The van der Waals surface area contributed by atoms with Crippen LogP contribution < -0.4 is 4.74 Å². The molecule has 0 aliphatic heterocycles. The van der Waals surface area contributed by atoms with Crippen LogP contribution in [0, 0.1) is 10.1 Å². The molecule has 1 aromatic carbocycles. The van der Waals surface area contributed by atoms with Crippen LogP contribution in [-0.4, -0.2) is 41.8 Å². The molecule has 1 aromatic rings. The monoisotopic (exact) mass is 280 g/mol. The fraction of sp³-hybridized carbons (Fsp3) is 0.500. The van der Waals surface area contributed by atoms with Gasteiger partial charge in [0.05, 0.1) is 16.6 Å². The maximum absolute atomic E-state index is 11.3. The average molecular weight is 280 g/mol. The number of hydrogen-bond acceptors (Lipinski definition) is 5. The van der Waals surface area contributed by atoms with Crippen molar-refractivity contribution in [2.75, 3.05) is 20.7 Å². The number of ketones is 1. The third kappa shape index (κ3) is 3.77. The first-order valence-corrected chi connectivity index (χ1v) is 6.25. The number of nitro benzene ring substituents is 1. The van der Waals surface area contributed by atoms with E-state index in [9.17, 15) is 14.9 Å². The van der Waals surface area contributed by atoms with Gasteiger partial charge in [0, 0.05) is 5.54 Å². The molecule has 0 aliphatic carbocycles. The van der Waals surface area contributed by atoms with Crippen molar-refractivity contribution in [2.45, 2.75) is 26.3 Å². The summed E-state index contributed by atoms with van der Waals surface area (Å²) >= 11 is 0. The Bertz CT molecular complexity index is 524. The van der Waals surface area contributed by atoms with Gasteiger partial charge in [0.1, 0.15) is 12.4 Å². The Morgan fingerprint density at radius 3 is 2.45 bits per heavy atom. The van der Waals surface area contributed by atoms with Crippen molar-refractivity contribution in [3.8, 4) is 5.75 Å². The second kappa shape index (κ2) is 6.00. The summed E-state index contributed by atoms with van der Waals surface area (Å²) in [5.74, 6) is 0.0495. The van der Waals surface area contributed by atoms with Crippen molar-refractivity contribution in [1.82, 2.24) is 4.90 Å². The number of carbonyl (C=O) groups excluding carboxylic acids is 1. The van der Waals surface area contributed by atoms with Gasteiger partial charge in [-0.05, 0) is 47.0 Å². The molecular formula is C14H20N2O4. The van der Waals surface area contributed by atoms with Crippen LogP contribution >= 0.6 is 0 Å². The number of rotatable bonds is 6. The lowest BCUT2D eigenvalue weighted by molar-refractivity contribution is -0.385. The summed E-state index contributed by atoms with van der Waals surface area (Å²) < 4.78 is 5.60. The van der Waals surface area contributed by atoms with Crippen LogP contribution in [0.1, 0.15) is 31.1 Å². The number of hydrogen-bond donors (Lipinski definition) is 0. The first-order chi connectivity index (χ1) is 9.15. The van der Waals surface area contributed by atoms with E-state index in [1.807, 2.05) is 32.8 Å². The van der Waals surface area contributed by atoms with E-state index in [1.54, 1.807) is 6.07 Å². The van der Waals surface area contributed by atoms with Crippen molar-refractivity contribution in [1.29, 1.82) is 0 Å². The highest BCUT2D eigenvalue weighted by Gasteiger charge is 2.23.